The lowest BCUT2D eigenvalue weighted by Gasteiger charge is -2.33. The van der Waals surface area contributed by atoms with Gasteiger partial charge in [0.25, 0.3) is 0 Å². The Kier molecular flexibility index (Phi) is 4.61. The van der Waals surface area contributed by atoms with Gasteiger partial charge in [-0.2, -0.15) is 0 Å². The van der Waals surface area contributed by atoms with Crippen LogP contribution in [0.3, 0.4) is 0 Å². The number of benzene rings is 1. The summed E-state index contributed by atoms with van der Waals surface area (Å²) in [5.41, 5.74) is 2.55. The summed E-state index contributed by atoms with van der Waals surface area (Å²) in [7, 11) is 0. The molecule has 2 aromatic rings. The van der Waals surface area contributed by atoms with Gasteiger partial charge in [0.15, 0.2) is 0 Å². The van der Waals surface area contributed by atoms with Crippen molar-refractivity contribution in [2.75, 3.05) is 11.9 Å². The van der Waals surface area contributed by atoms with Crippen LogP contribution in [0.4, 0.5) is 5.69 Å². The van der Waals surface area contributed by atoms with Gasteiger partial charge in [-0.3, -0.25) is 0 Å². The first-order chi connectivity index (χ1) is 10.2. The standard InChI is InChI=1S/C18H23NOS/c1-13(2)17-12-14(9-10-20-17)19-16-7-4-3-6-15(16)18-8-5-11-21-18/h3-8,11,13-14,17,19H,9-10,12H2,1-2H3. The molecule has 0 amide bonds. The molecule has 0 spiro atoms. The lowest BCUT2D eigenvalue weighted by atomic mass is 9.95. The molecule has 1 aromatic carbocycles. The van der Waals surface area contributed by atoms with E-state index in [9.17, 15) is 0 Å². The first-order valence-corrected chi connectivity index (χ1v) is 8.63. The molecule has 0 bridgehead atoms. The molecule has 3 heteroatoms. The number of ether oxygens (including phenoxy) is 1. The van der Waals surface area contributed by atoms with Gasteiger partial charge in [-0.15, -0.1) is 11.3 Å². The molecule has 0 aliphatic carbocycles. The van der Waals surface area contributed by atoms with Crippen molar-refractivity contribution in [1.82, 2.24) is 0 Å². The molecule has 1 N–H and O–H groups in total. The number of thiophene rings is 1. The van der Waals surface area contributed by atoms with Crippen molar-refractivity contribution in [2.24, 2.45) is 5.92 Å². The smallest absolute Gasteiger partial charge is 0.0617 e. The number of anilines is 1. The summed E-state index contributed by atoms with van der Waals surface area (Å²) >= 11 is 1.79. The Labute approximate surface area is 131 Å². The van der Waals surface area contributed by atoms with E-state index in [0.717, 1.165) is 19.4 Å². The molecule has 0 radical (unpaired) electrons. The number of para-hydroxylation sites is 1. The fraction of sp³-hybridized carbons (Fsp3) is 0.444. The molecular formula is C18H23NOS. The van der Waals surface area contributed by atoms with E-state index in [2.05, 4.69) is 60.9 Å². The van der Waals surface area contributed by atoms with E-state index in [-0.39, 0.29) is 0 Å². The fourth-order valence-electron chi connectivity index (χ4n) is 2.90. The first kappa shape index (κ1) is 14.6. The zero-order valence-electron chi connectivity index (χ0n) is 12.7. The molecule has 21 heavy (non-hydrogen) atoms. The first-order valence-electron chi connectivity index (χ1n) is 7.75. The minimum Gasteiger partial charge on any atom is -0.382 e. The van der Waals surface area contributed by atoms with Crippen LogP contribution in [0.2, 0.25) is 0 Å². The molecule has 1 fully saturated rings. The molecule has 0 saturated carbocycles. The normalized spacial score (nSPS) is 22.4. The maximum absolute atomic E-state index is 5.87. The number of nitrogens with one attached hydrogen (secondary N) is 1. The van der Waals surface area contributed by atoms with E-state index in [4.69, 9.17) is 4.74 Å². The maximum Gasteiger partial charge on any atom is 0.0617 e. The van der Waals surface area contributed by atoms with Crippen LogP contribution in [0.15, 0.2) is 41.8 Å². The summed E-state index contributed by atoms with van der Waals surface area (Å²) in [6, 6.07) is 13.4. The predicted molar refractivity (Wildman–Crippen MR) is 91.0 cm³/mol. The second kappa shape index (κ2) is 6.63. The minimum absolute atomic E-state index is 0.380. The van der Waals surface area contributed by atoms with E-state index < -0.39 is 0 Å². The lowest BCUT2D eigenvalue weighted by Crippen LogP contribution is -2.36. The van der Waals surface area contributed by atoms with Crippen molar-refractivity contribution in [1.29, 1.82) is 0 Å². The highest BCUT2D eigenvalue weighted by molar-refractivity contribution is 7.13. The molecule has 2 heterocycles. The number of hydrogen-bond acceptors (Lipinski definition) is 3. The molecule has 2 atom stereocenters. The van der Waals surface area contributed by atoms with Crippen LogP contribution in [0.5, 0.6) is 0 Å². The summed E-state index contributed by atoms with van der Waals surface area (Å²) in [6.45, 7) is 5.35. The fourth-order valence-corrected chi connectivity index (χ4v) is 3.67. The molecule has 2 nitrogen and oxygen atoms in total. The molecular weight excluding hydrogens is 278 g/mol. The Morgan fingerprint density at radius 1 is 1.19 bits per heavy atom. The second-order valence-corrected chi connectivity index (χ2v) is 6.99. The van der Waals surface area contributed by atoms with Crippen molar-refractivity contribution < 1.29 is 4.74 Å². The highest BCUT2D eigenvalue weighted by Gasteiger charge is 2.25. The molecule has 112 valence electrons. The Morgan fingerprint density at radius 2 is 2.05 bits per heavy atom. The van der Waals surface area contributed by atoms with E-state index in [0.29, 0.717) is 18.1 Å². The molecule has 3 rings (SSSR count). The largest absolute Gasteiger partial charge is 0.382 e. The average molecular weight is 301 g/mol. The zero-order valence-corrected chi connectivity index (χ0v) is 13.5. The van der Waals surface area contributed by atoms with Crippen LogP contribution < -0.4 is 5.32 Å². The summed E-state index contributed by atoms with van der Waals surface area (Å²) in [6.07, 6.45) is 2.56. The van der Waals surface area contributed by atoms with Crippen LogP contribution >= 0.6 is 11.3 Å². The van der Waals surface area contributed by atoms with Gasteiger partial charge in [0.1, 0.15) is 0 Å². The third kappa shape index (κ3) is 3.47. The van der Waals surface area contributed by atoms with Crippen molar-refractivity contribution in [3.05, 3.63) is 41.8 Å². The van der Waals surface area contributed by atoms with E-state index in [1.54, 1.807) is 11.3 Å². The molecule has 1 aromatic heterocycles. The zero-order chi connectivity index (χ0) is 14.7. The third-order valence-corrected chi connectivity index (χ3v) is 5.04. The van der Waals surface area contributed by atoms with Crippen molar-refractivity contribution in [3.8, 4) is 10.4 Å². The van der Waals surface area contributed by atoms with Crippen LogP contribution in [-0.4, -0.2) is 18.8 Å². The summed E-state index contributed by atoms with van der Waals surface area (Å²) in [4.78, 5) is 1.32. The van der Waals surface area contributed by atoms with Gasteiger partial charge in [-0.05, 0) is 36.3 Å². The Morgan fingerprint density at radius 3 is 2.81 bits per heavy atom. The van der Waals surface area contributed by atoms with Gasteiger partial charge < -0.3 is 10.1 Å². The second-order valence-electron chi connectivity index (χ2n) is 6.04. The van der Waals surface area contributed by atoms with Crippen LogP contribution in [0, 0.1) is 5.92 Å². The van der Waals surface area contributed by atoms with E-state index in [1.807, 2.05) is 0 Å². The van der Waals surface area contributed by atoms with Crippen molar-refractivity contribution in [3.63, 3.8) is 0 Å². The molecule has 1 aliphatic heterocycles. The van der Waals surface area contributed by atoms with Gasteiger partial charge in [0.2, 0.25) is 0 Å². The summed E-state index contributed by atoms with van der Waals surface area (Å²) in [5, 5.41) is 5.88. The highest BCUT2D eigenvalue weighted by atomic mass is 32.1. The SMILES string of the molecule is CC(C)C1CC(Nc2ccccc2-c2cccs2)CCO1. The average Bonchev–Trinajstić information content (AvgIpc) is 3.02. The monoisotopic (exact) mass is 301 g/mol. The Hall–Kier alpha value is -1.32. The number of rotatable bonds is 4. The maximum atomic E-state index is 5.87. The van der Waals surface area contributed by atoms with E-state index in [1.165, 1.54) is 16.1 Å². The van der Waals surface area contributed by atoms with Crippen molar-refractivity contribution >= 4 is 17.0 Å². The summed E-state index contributed by atoms with van der Waals surface area (Å²) in [5.74, 6) is 0.585. The Bertz CT molecular complexity index is 564. The highest BCUT2D eigenvalue weighted by Crippen LogP contribution is 2.33. The van der Waals surface area contributed by atoms with Gasteiger partial charge in [-0.25, -0.2) is 0 Å². The molecule has 2 unspecified atom stereocenters. The van der Waals surface area contributed by atoms with Gasteiger partial charge in [-0.1, -0.05) is 38.1 Å². The molecule has 1 saturated heterocycles. The third-order valence-electron chi connectivity index (χ3n) is 4.13. The summed E-state index contributed by atoms with van der Waals surface area (Å²) < 4.78 is 5.87. The minimum atomic E-state index is 0.380. The molecule has 1 aliphatic rings. The lowest BCUT2D eigenvalue weighted by molar-refractivity contribution is -0.0160. The quantitative estimate of drug-likeness (QED) is 0.855. The van der Waals surface area contributed by atoms with Gasteiger partial charge in [0, 0.05) is 28.8 Å². The van der Waals surface area contributed by atoms with Crippen molar-refractivity contribution in [2.45, 2.75) is 38.8 Å². The number of hydrogen-bond donors (Lipinski definition) is 1. The van der Waals surface area contributed by atoms with Gasteiger partial charge in [0.05, 0.1) is 6.10 Å². The Balaban J connectivity index is 1.76. The van der Waals surface area contributed by atoms with Crippen LogP contribution in [0.1, 0.15) is 26.7 Å². The van der Waals surface area contributed by atoms with Crippen LogP contribution in [0.25, 0.3) is 10.4 Å². The van der Waals surface area contributed by atoms with Gasteiger partial charge >= 0.3 is 0 Å². The van der Waals surface area contributed by atoms with Crippen LogP contribution in [-0.2, 0) is 4.74 Å². The van der Waals surface area contributed by atoms with E-state index >= 15 is 0 Å². The predicted octanol–water partition coefficient (Wildman–Crippen LogP) is 5.03. The topological polar surface area (TPSA) is 21.3 Å².